The van der Waals surface area contributed by atoms with E-state index in [0.717, 1.165) is 52.0 Å². The van der Waals surface area contributed by atoms with Crippen LogP contribution in [0, 0.1) is 0 Å². The maximum absolute atomic E-state index is 12.9. The predicted molar refractivity (Wildman–Crippen MR) is 125 cm³/mol. The summed E-state index contributed by atoms with van der Waals surface area (Å²) in [6.45, 7) is 8.36. The molecule has 6 heteroatoms. The summed E-state index contributed by atoms with van der Waals surface area (Å²) in [5, 5.41) is 5.57. The van der Waals surface area contributed by atoms with Crippen LogP contribution in [0.5, 0.6) is 0 Å². The Morgan fingerprint density at radius 1 is 0.935 bits per heavy atom. The third-order valence-electron chi connectivity index (χ3n) is 5.47. The molecule has 0 bridgehead atoms. The summed E-state index contributed by atoms with van der Waals surface area (Å²) in [6.07, 6.45) is 3.22. The van der Waals surface area contributed by atoms with E-state index < -0.39 is 0 Å². The molecule has 0 saturated carbocycles. The Balaban J connectivity index is 1.46. The Hall–Kier alpha value is -2.86. The lowest BCUT2D eigenvalue weighted by molar-refractivity contribution is 0.0761. The molecule has 2 aromatic rings. The monoisotopic (exact) mass is 422 g/mol. The number of hydrogen-bond acceptors (Lipinski definition) is 3. The summed E-state index contributed by atoms with van der Waals surface area (Å²) in [5.74, 6) is 0.0596. The van der Waals surface area contributed by atoms with Gasteiger partial charge in [0, 0.05) is 36.9 Å². The third kappa shape index (κ3) is 7.40. The van der Waals surface area contributed by atoms with Gasteiger partial charge in [0.05, 0.1) is 0 Å². The minimum Gasteiger partial charge on any atom is -0.337 e. The number of benzene rings is 2. The zero-order valence-electron chi connectivity index (χ0n) is 18.6. The highest BCUT2D eigenvalue weighted by atomic mass is 16.2. The van der Waals surface area contributed by atoms with Gasteiger partial charge in [0.25, 0.3) is 5.91 Å². The Kier molecular flexibility index (Phi) is 8.47. The first-order valence-electron chi connectivity index (χ1n) is 11.2. The second-order valence-electron chi connectivity index (χ2n) is 8.41. The van der Waals surface area contributed by atoms with Crippen molar-refractivity contribution in [1.82, 2.24) is 15.1 Å². The summed E-state index contributed by atoms with van der Waals surface area (Å²) < 4.78 is 0. The van der Waals surface area contributed by atoms with Crippen LogP contribution in [-0.4, -0.2) is 60.5 Å². The topological polar surface area (TPSA) is 64.7 Å². The van der Waals surface area contributed by atoms with E-state index in [0.29, 0.717) is 11.3 Å². The lowest BCUT2D eigenvalue weighted by Gasteiger charge is -2.22. The van der Waals surface area contributed by atoms with E-state index in [1.165, 1.54) is 5.56 Å². The molecule has 3 rings (SSSR count). The minimum atomic E-state index is -0.242. The standard InChI is InChI=1S/C25H34N4O2/c1-20(2)26-25(31)27-23-13-11-22(12-14-23)24(30)29-17-7-16-28(18-19-29)15-6-10-21-8-4-3-5-9-21/h3-5,8-9,11-14,20H,6-7,10,15-19H2,1-2H3,(H2,26,27,31). The third-order valence-corrected chi connectivity index (χ3v) is 5.47. The van der Waals surface area contributed by atoms with Crippen LogP contribution in [0.25, 0.3) is 0 Å². The zero-order valence-corrected chi connectivity index (χ0v) is 18.6. The van der Waals surface area contributed by atoms with Gasteiger partial charge in [0.15, 0.2) is 0 Å². The van der Waals surface area contributed by atoms with Gasteiger partial charge in [-0.15, -0.1) is 0 Å². The molecule has 3 amide bonds. The van der Waals surface area contributed by atoms with Gasteiger partial charge in [-0.1, -0.05) is 30.3 Å². The summed E-state index contributed by atoms with van der Waals surface area (Å²) in [4.78, 5) is 29.2. The Bertz CT molecular complexity index is 836. The van der Waals surface area contributed by atoms with Crippen molar-refractivity contribution in [2.45, 2.75) is 39.2 Å². The van der Waals surface area contributed by atoms with Crippen LogP contribution in [0.4, 0.5) is 10.5 Å². The molecule has 0 aliphatic carbocycles. The highest BCUT2D eigenvalue weighted by Gasteiger charge is 2.20. The van der Waals surface area contributed by atoms with Crippen LogP contribution in [0.1, 0.15) is 42.6 Å². The molecule has 2 aromatic carbocycles. The highest BCUT2D eigenvalue weighted by Crippen LogP contribution is 2.14. The first-order valence-corrected chi connectivity index (χ1v) is 11.2. The molecule has 31 heavy (non-hydrogen) atoms. The average Bonchev–Trinajstić information content (AvgIpc) is 3.00. The van der Waals surface area contributed by atoms with Crippen molar-refractivity contribution < 1.29 is 9.59 Å². The van der Waals surface area contributed by atoms with E-state index in [-0.39, 0.29) is 18.0 Å². The van der Waals surface area contributed by atoms with Gasteiger partial charge in [-0.2, -0.15) is 0 Å². The van der Waals surface area contributed by atoms with Crippen molar-refractivity contribution in [3.8, 4) is 0 Å². The number of carbonyl (C=O) groups is 2. The number of anilines is 1. The SMILES string of the molecule is CC(C)NC(=O)Nc1ccc(C(=O)N2CCCN(CCCc3ccccc3)CC2)cc1. The molecule has 1 heterocycles. The highest BCUT2D eigenvalue weighted by molar-refractivity contribution is 5.95. The normalized spacial score (nSPS) is 14.9. The van der Waals surface area contributed by atoms with Crippen molar-refractivity contribution >= 4 is 17.6 Å². The molecule has 1 fully saturated rings. The molecule has 166 valence electrons. The van der Waals surface area contributed by atoms with E-state index in [1.54, 1.807) is 24.3 Å². The predicted octanol–water partition coefficient (Wildman–Crippen LogP) is 4.00. The van der Waals surface area contributed by atoms with Crippen LogP contribution in [-0.2, 0) is 6.42 Å². The molecule has 1 aliphatic heterocycles. The second-order valence-corrected chi connectivity index (χ2v) is 8.41. The molecular weight excluding hydrogens is 388 g/mol. The molecule has 6 nitrogen and oxygen atoms in total. The first kappa shape index (κ1) is 22.8. The fourth-order valence-electron chi connectivity index (χ4n) is 3.86. The molecule has 0 unspecified atom stereocenters. The molecule has 0 aromatic heterocycles. The fraction of sp³-hybridized carbons (Fsp3) is 0.440. The van der Waals surface area contributed by atoms with E-state index >= 15 is 0 Å². The van der Waals surface area contributed by atoms with Crippen molar-refractivity contribution in [1.29, 1.82) is 0 Å². The van der Waals surface area contributed by atoms with Crippen molar-refractivity contribution in [3.05, 3.63) is 65.7 Å². The molecular formula is C25H34N4O2. The number of carbonyl (C=O) groups excluding carboxylic acids is 2. The van der Waals surface area contributed by atoms with Gasteiger partial charge in [-0.05, 0) is 76.0 Å². The summed E-state index contributed by atoms with van der Waals surface area (Å²) in [7, 11) is 0. The number of nitrogens with one attached hydrogen (secondary N) is 2. The first-order chi connectivity index (χ1) is 15.0. The van der Waals surface area contributed by atoms with Crippen LogP contribution in [0.2, 0.25) is 0 Å². The number of amides is 3. The van der Waals surface area contributed by atoms with Gasteiger partial charge in [0.2, 0.25) is 0 Å². The number of nitrogens with zero attached hydrogens (tertiary/aromatic N) is 2. The van der Waals surface area contributed by atoms with E-state index in [2.05, 4.69) is 45.9 Å². The summed E-state index contributed by atoms with van der Waals surface area (Å²) in [5.41, 5.74) is 2.72. The number of urea groups is 1. The lowest BCUT2D eigenvalue weighted by Crippen LogP contribution is -2.35. The van der Waals surface area contributed by atoms with Crippen LogP contribution < -0.4 is 10.6 Å². The largest absolute Gasteiger partial charge is 0.337 e. The van der Waals surface area contributed by atoms with Crippen LogP contribution >= 0.6 is 0 Å². The maximum Gasteiger partial charge on any atom is 0.319 e. The minimum absolute atomic E-state index is 0.0596. The van der Waals surface area contributed by atoms with Gasteiger partial charge >= 0.3 is 6.03 Å². The van der Waals surface area contributed by atoms with E-state index in [4.69, 9.17) is 0 Å². The molecule has 1 aliphatic rings. The number of rotatable bonds is 7. The Morgan fingerprint density at radius 3 is 2.39 bits per heavy atom. The van der Waals surface area contributed by atoms with Crippen molar-refractivity contribution in [2.75, 3.05) is 38.0 Å². The number of hydrogen-bond donors (Lipinski definition) is 2. The Labute approximate surface area is 185 Å². The van der Waals surface area contributed by atoms with Gasteiger partial charge in [-0.25, -0.2) is 4.79 Å². The summed E-state index contributed by atoms with van der Waals surface area (Å²) >= 11 is 0. The van der Waals surface area contributed by atoms with Crippen molar-refractivity contribution in [3.63, 3.8) is 0 Å². The fourth-order valence-corrected chi connectivity index (χ4v) is 3.86. The smallest absolute Gasteiger partial charge is 0.319 e. The van der Waals surface area contributed by atoms with E-state index in [9.17, 15) is 9.59 Å². The van der Waals surface area contributed by atoms with Crippen LogP contribution in [0.15, 0.2) is 54.6 Å². The van der Waals surface area contributed by atoms with Gasteiger partial charge in [-0.3, -0.25) is 4.79 Å². The number of aryl methyl sites for hydroxylation is 1. The average molecular weight is 423 g/mol. The van der Waals surface area contributed by atoms with Gasteiger partial charge < -0.3 is 20.4 Å². The van der Waals surface area contributed by atoms with E-state index in [1.807, 2.05) is 18.7 Å². The quantitative estimate of drug-likeness (QED) is 0.709. The molecule has 0 spiro atoms. The molecule has 2 N–H and O–H groups in total. The Morgan fingerprint density at radius 2 is 1.68 bits per heavy atom. The second kappa shape index (κ2) is 11.5. The molecule has 1 saturated heterocycles. The van der Waals surface area contributed by atoms with Gasteiger partial charge in [0.1, 0.15) is 0 Å². The lowest BCUT2D eigenvalue weighted by atomic mass is 10.1. The molecule has 0 radical (unpaired) electrons. The maximum atomic E-state index is 12.9. The van der Waals surface area contributed by atoms with Crippen molar-refractivity contribution in [2.24, 2.45) is 0 Å². The summed E-state index contributed by atoms with van der Waals surface area (Å²) in [6, 6.07) is 17.6. The zero-order chi connectivity index (χ0) is 22.1. The molecule has 0 atom stereocenters. The van der Waals surface area contributed by atoms with Crippen LogP contribution in [0.3, 0.4) is 0 Å².